The summed E-state index contributed by atoms with van der Waals surface area (Å²) in [6, 6.07) is 6.22. The van der Waals surface area contributed by atoms with Gasteiger partial charge in [-0.05, 0) is 30.5 Å². The molecule has 0 aromatic heterocycles. The maximum Gasteiger partial charge on any atom is 0.416 e. The van der Waals surface area contributed by atoms with Crippen LogP contribution in [0, 0.1) is 0 Å². The van der Waals surface area contributed by atoms with Crippen LogP contribution in [0.25, 0.3) is 0 Å². The van der Waals surface area contributed by atoms with Gasteiger partial charge in [-0.1, -0.05) is 45.7 Å². The van der Waals surface area contributed by atoms with Gasteiger partial charge in [-0.25, -0.2) is 0 Å². The summed E-state index contributed by atoms with van der Waals surface area (Å²) in [4.78, 5) is 0. The Bertz CT molecular complexity index is 382. The van der Waals surface area contributed by atoms with Gasteiger partial charge in [-0.2, -0.15) is 13.2 Å². The maximum absolute atomic E-state index is 12.5. The largest absolute Gasteiger partial charge is 0.416 e. The molecule has 1 N–H and O–H groups in total. The number of hydrogen-bond donors (Lipinski definition) is 1. The lowest BCUT2D eigenvalue weighted by atomic mass is 9.99. The summed E-state index contributed by atoms with van der Waals surface area (Å²) in [5.41, 5.74) is 0.371. The number of halogens is 3. The molecule has 0 radical (unpaired) electrons. The zero-order chi connectivity index (χ0) is 15.2. The van der Waals surface area contributed by atoms with Crippen molar-refractivity contribution in [3.05, 3.63) is 35.4 Å². The topological polar surface area (TPSA) is 12.0 Å². The molecule has 0 aliphatic rings. The van der Waals surface area contributed by atoms with E-state index in [-0.39, 0.29) is 0 Å². The van der Waals surface area contributed by atoms with Crippen molar-refractivity contribution in [3.63, 3.8) is 0 Å². The second kappa shape index (κ2) is 7.67. The van der Waals surface area contributed by atoms with Gasteiger partial charge in [0, 0.05) is 12.1 Å². The molecule has 0 spiro atoms. The van der Waals surface area contributed by atoms with Crippen molar-refractivity contribution < 1.29 is 13.2 Å². The van der Waals surface area contributed by atoms with Gasteiger partial charge in [0.15, 0.2) is 0 Å². The van der Waals surface area contributed by atoms with E-state index >= 15 is 0 Å². The van der Waals surface area contributed by atoms with E-state index in [1.54, 1.807) is 12.1 Å². The summed E-state index contributed by atoms with van der Waals surface area (Å²) in [6.45, 7) is 6.32. The number of hydrogen-bond acceptors (Lipinski definition) is 1. The van der Waals surface area contributed by atoms with Gasteiger partial charge in [0.25, 0.3) is 0 Å². The molecule has 4 heteroatoms. The minimum Gasteiger partial charge on any atom is -0.311 e. The second-order valence-electron chi connectivity index (χ2n) is 5.56. The lowest BCUT2D eigenvalue weighted by Crippen LogP contribution is -2.36. The Morgan fingerprint density at radius 1 is 1.10 bits per heavy atom. The first-order valence-electron chi connectivity index (χ1n) is 7.25. The summed E-state index contributed by atoms with van der Waals surface area (Å²) in [7, 11) is 0. The van der Waals surface area contributed by atoms with Crippen LogP contribution in [0.4, 0.5) is 13.2 Å². The summed E-state index contributed by atoms with van der Waals surface area (Å²) in [5, 5.41) is 3.49. The summed E-state index contributed by atoms with van der Waals surface area (Å²) in [5.74, 6) is 0. The van der Waals surface area contributed by atoms with E-state index in [1.165, 1.54) is 12.1 Å². The SMILES string of the molecule is CCCCC(Cc1ccc(C(F)(F)F)cc1)NC(C)C. The van der Waals surface area contributed by atoms with Crippen LogP contribution >= 0.6 is 0 Å². The zero-order valence-corrected chi connectivity index (χ0v) is 12.4. The third-order valence-electron chi connectivity index (χ3n) is 3.24. The third kappa shape index (κ3) is 5.95. The quantitative estimate of drug-likeness (QED) is 0.759. The first-order chi connectivity index (χ1) is 9.32. The fraction of sp³-hybridized carbons (Fsp3) is 0.625. The van der Waals surface area contributed by atoms with E-state index in [0.29, 0.717) is 12.1 Å². The highest BCUT2D eigenvalue weighted by molar-refractivity contribution is 5.25. The molecule has 1 aromatic carbocycles. The van der Waals surface area contributed by atoms with E-state index in [2.05, 4.69) is 26.1 Å². The fourth-order valence-electron chi connectivity index (χ4n) is 2.28. The van der Waals surface area contributed by atoms with Crippen LogP contribution in [-0.2, 0) is 12.6 Å². The van der Waals surface area contributed by atoms with E-state index in [9.17, 15) is 13.2 Å². The minimum absolute atomic E-state index is 0.326. The van der Waals surface area contributed by atoms with Gasteiger partial charge < -0.3 is 5.32 Å². The highest BCUT2D eigenvalue weighted by atomic mass is 19.4. The smallest absolute Gasteiger partial charge is 0.311 e. The molecule has 0 saturated carbocycles. The molecule has 1 atom stereocenters. The first-order valence-corrected chi connectivity index (χ1v) is 7.25. The van der Waals surface area contributed by atoms with E-state index in [1.807, 2.05) is 0 Å². The predicted octanol–water partition coefficient (Wildman–Crippen LogP) is 4.80. The number of rotatable bonds is 7. The highest BCUT2D eigenvalue weighted by Crippen LogP contribution is 2.29. The molecule has 114 valence electrons. The third-order valence-corrected chi connectivity index (χ3v) is 3.24. The standard InChI is InChI=1S/C16H24F3N/c1-4-5-6-15(20-12(2)3)11-13-7-9-14(10-8-13)16(17,18)19/h7-10,12,15,20H,4-6,11H2,1-3H3. The molecule has 0 aliphatic heterocycles. The van der Waals surface area contributed by atoms with Crippen LogP contribution in [0.2, 0.25) is 0 Å². The van der Waals surface area contributed by atoms with Crippen LogP contribution in [0.15, 0.2) is 24.3 Å². The molecule has 0 fully saturated rings. The van der Waals surface area contributed by atoms with Crippen molar-refractivity contribution in [2.24, 2.45) is 0 Å². The van der Waals surface area contributed by atoms with E-state index in [4.69, 9.17) is 0 Å². The van der Waals surface area contributed by atoms with Gasteiger partial charge in [0.05, 0.1) is 5.56 Å². The Hall–Kier alpha value is -1.03. The molecule has 0 aliphatic carbocycles. The molecule has 1 aromatic rings. The summed E-state index contributed by atoms with van der Waals surface area (Å²) < 4.78 is 37.5. The van der Waals surface area contributed by atoms with Crippen LogP contribution < -0.4 is 5.32 Å². The Kier molecular flexibility index (Phi) is 6.53. The molecule has 1 unspecified atom stereocenters. The molecule has 0 heterocycles. The van der Waals surface area contributed by atoms with Gasteiger partial charge >= 0.3 is 6.18 Å². The number of benzene rings is 1. The van der Waals surface area contributed by atoms with Crippen LogP contribution in [0.3, 0.4) is 0 Å². The monoisotopic (exact) mass is 287 g/mol. The van der Waals surface area contributed by atoms with Gasteiger partial charge in [0.2, 0.25) is 0 Å². The Morgan fingerprint density at radius 2 is 1.70 bits per heavy atom. The summed E-state index contributed by atoms with van der Waals surface area (Å²) >= 11 is 0. The number of nitrogens with one attached hydrogen (secondary N) is 1. The molecule has 0 saturated heterocycles. The fourth-order valence-corrected chi connectivity index (χ4v) is 2.28. The molecule has 1 nitrogen and oxygen atoms in total. The maximum atomic E-state index is 12.5. The van der Waals surface area contributed by atoms with Gasteiger partial charge in [-0.15, -0.1) is 0 Å². The van der Waals surface area contributed by atoms with Crippen molar-refractivity contribution in [1.82, 2.24) is 5.32 Å². The lowest BCUT2D eigenvalue weighted by molar-refractivity contribution is -0.137. The Morgan fingerprint density at radius 3 is 2.15 bits per heavy atom. The molecular formula is C16H24F3N. The molecular weight excluding hydrogens is 263 g/mol. The van der Waals surface area contributed by atoms with Crippen molar-refractivity contribution in [2.75, 3.05) is 0 Å². The lowest BCUT2D eigenvalue weighted by Gasteiger charge is -2.21. The number of unbranched alkanes of at least 4 members (excludes halogenated alkanes) is 1. The normalized spacial score (nSPS) is 13.8. The Labute approximate surface area is 119 Å². The zero-order valence-electron chi connectivity index (χ0n) is 12.4. The first kappa shape index (κ1) is 17.0. The predicted molar refractivity (Wildman–Crippen MR) is 76.7 cm³/mol. The molecule has 1 rings (SSSR count). The average Bonchev–Trinajstić information content (AvgIpc) is 2.35. The summed E-state index contributed by atoms with van der Waals surface area (Å²) in [6.07, 6.45) is -0.170. The van der Waals surface area contributed by atoms with Gasteiger partial charge in [0.1, 0.15) is 0 Å². The molecule has 0 bridgehead atoms. The van der Waals surface area contributed by atoms with Crippen molar-refractivity contribution in [3.8, 4) is 0 Å². The molecule has 20 heavy (non-hydrogen) atoms. The number of alkyl halides is 3. The van der Waals surface area contributed by atoms with Crippen LogP contribution in [-0.4, -0.2) is 12.1 Å². The average molecular weight is 287 g/mol. The van der Waals surface area contributed by atoms with Gasteiger partial charge in [-0.3, -0.25) is 0 Å². The second-order valence-corrected chi connectivity index (χ2v) is 5.56. The van der Waals surface area contributed by atoms with Crippen molar-refractivity contribution in [2.45, 2.75) is 64.7 Å². The van der Waals surface area contributed by atoms with Crippen LogP contribution in [0.1, 0.15) is 51.2 Å². The highest BCUT2D eigenvalue weighted by Gasteiger charge is 2.29. The molecule has 0 amide bonds. The minimum atomic E-state index is -4.25. The Balaban J connectivity index is 2.68. The van der Waals surface area contributed by atoms with E-state index < -0.39 is 11.7 Å². The van der Waals surface area contributed by atoms with Crippen molar-refractivity contribution in [1.29, 1.82) is 0 Å². The van der Waals surface area contributed by atoms with E-state index in [0.717, 1.165) is 31.2 Å². The van der Waals surface area contributed by atoms with Crippen molar-refractivity contribution >= 4 is 0 Å². The van der Waals surface area contributed by atoms with Crippen LogP contribution in [0.5, 0.6) is 0 Å².